The van der Waals surface area contributed by atoms with Crippen LogP contribution in [-0.2, 0) is 19.2 Å². The highest BCUT2D eigenvalue weighted by Gasteiger charge is 2.19. The summed E-state index contributed by atoms with van der Waals surface area (Å²) >= 11 is 5.08. The van der Waals surface area contributed by atoms with Crippen LogP contribution in [-0.4, -0.2) is 57.7 Å². The number of carbonyl (C=O) groups excluding carboxylic acids is 4. The molecule has 0 saturated heterocycles. The molecular weight excluding hydrogens is 352 g/mol. The summed E-state index contributed by atoms with van der Waals surface area (Å²) in [6, 6.07) is 0. The van der Waals surface area contributed by atoms with Crippen molar-refractivity contribution in [3.63, 3.8) is 0 Å². The van der Waals surface area contributed by atoms with Crippen LogP contribution in [0, 0.1) is 11.8 Å². The van der Waals surface area contributed by atoms with Crippen molar-refractivity contribution in [2.45, 2.75) is 27.7 Å². The Kier molecular flexibility index (Phi) is 12.9. The molecule has 0 rings (SSSR count). The number of carbonyl (C=O) groups is 4. The van der Waals surface area contributed by atoms with Crippen molar-refractivity contribution in [2.24, 2.45) is 11.8 Å². The Hall–Kier alpha value is -0.270. The molecule has 0 aliphatic rings. The second kappa shape index (κ2) is 13.1. The van der Waals surface area contributed by atoms with Crippen molar-refractivity contribution < 1.29 is 19.2 Å². The molecule has 0 aromatic carbocycles. The third-order valence-electron chi connectivity index (χ3n) is 3.28. The maximum absolute atomic E-state index is 11.3. The van der Waals surface area contributed by atoms with E-state index in [2.05, 4.69) is 0 Å². The third kappa shape index (κ3) is 11.0. The Labute approximate surface area is 151 Å². The van der Waals surface area contributed by atoms with Gasteiger partial charge in [0, 0.05) is 34.5 Å². The lowest BCUT2D eigenvalue weighted by atomic mass is 10.0. The fourth-order valence-electron chi connectivity index (χ4n) is 1.78. The third-order valence-corrected chi connectivity index (χ3v) is 6.90. The molecule has 23 heavy (non-hydrogen) atoms. The van der Waals surface area contributed by atoms with Gasteiger partial charge in [-0.2, -0.15) is 35.3 Å². The van der Waals surface area contributed by atoms with Gasteiger partial charge in [0.1, 0.15) is 23.1 Å². The Morgan fingerprint density at radius 1 is 0.565 bits per heavy atom. The van der Waals surface area contributed by atoms with Gasteiger partial charge < -0.3 is 0 Å². The highest BCUT2D eigenvalue weighted by atomic mass is 32.2. The lowest BCUT2D eigenvalue weighted by Gasteiger charge is -2.10. The van der Waals surface area contributed by atoms with Crippen LogP contribution >= 0.6 is 35.3 Å². The molecule has 132 valence electrons. The van der Waals surface area contributed by atoms with E-state index in [1.54, 1.807) is 23.5 Å². The summed E-state index contributed by atoms with van der Waals surface area (Å²) in [6.07, 6.45) is 0. The topological polar surface area (TPSA) is 68.3 Å². The molecule has 0 aliphatic heterocycles. The van der Waals surface area contributed by atoms with Crippen LogP contribution in [0.1, 0.15) is 27.7 Å². The summed E-state index contributed by atoms with van der Waals surface area (Å²) in [6.45, 7) is 5.86. The second-order valence-corrected chi connectivity index (χ2v) is 8.83. The van der Waals surface area contributed by atoms with Gasteiger partial charge in [0.15, 0.2) is 0 Å². The first-order valence-electron chi connectivity index (χ1n) is 7.52. The first kappa shape index (κ1) is 22.7. The van der Waals surface area contributed by atoms with Gasteiger partial charge in [-0.05, 0) is 27.7 Å². The highest BCUT2D eigenvalue weighted by Crippen LogP contribution is 2.16. The molecule has 0 heterocycles. The molecule has 0 amide bonds. The van der Waals surface area contributed by atoms with Crippen LogP contribution in [0.3, 0.4) is 0 Å². The average Bonchev–Trinajstić information content (AvgIpc) is 2.42. The van der Waals surface area contributed by atoms with E-state index in [4.69, 9.17) is 0 Å². The van der Waals surface area contributed by atoms with E-state index < -0.39 is 11.8 Å². The van der Waals surface area contributed by atoms with E-state index in [9.17, 15) is 19.2 Å². The lowest BCUT2D eigenvalue weighted by Crippen LogP contribution is -2.22. The van der Waals surface area contributed by atoms with Gasteiger partial charge in [-0.3, -0.25) is 19.2 Å². The molecule has 0 aromatic heterocycles. The molecule has 0 fully saturated rings. The van der Waals surface area contributed by atoms with Crippen LogP contribution in [0.25, 0.3) is 0 Å². The molecule has 0 unspecified atom stereocenters. The predicted octanol–water partition coefficient (Wildman–Crippen LogP) is 2.77. The maximum Gasteiger partial charge on any atom is 0.141 e. The molecule has 4 nitrogen and oxygen atoms in total. The highest BCUT2D eigenvalue weighted by molar-refractivity contribution is 8.04. The SMILES string of the molecule is CC(=O)C(CSCCSCCSCC(C(C)=O)C(C)=O)C(C)=O. The lowest BCUT2D eigenvalue weighted by molar-refractivity contribution is -0.131. The van der Waals surface area contributed by atoms with Gasteiger partial charge in [-0.15, -0.1) is 0 Å². The quantitative estimate of drug-likeness (QED) is 0.340. The molecule has 7 heteroatoms. The number of Topliss-reactive ketones (excluding diaryl/α,β-unsaturated/α-hetero) is 4. The van der Waals surface area contributed by atoms with Gasteiger partial charge in [0.05, 0.1) is 11.8 Å². The molecule has 0 radical (unpaired) electrons. The summed E-state index contributed by atoms with van der Waals surface area (Å²) in [4.78, 5) is 45.1. The molecule has 0 saturated carbocycles. The second-order valence-electron chi connectivity index (χ2n) is 5.31. The Morgan fingerprint density at radius 2 is 0.826 bits per heavy atom. The number of ketones is 4. The van der Waals surface area contributed by atoms with Gasteiger partial charge in [0.2, 0.25) is 0 Å². The standard InChI is InChI=1S/C16H26O4S3/c1-11(17)15(12(2)18)9-22-7-5-21-6-8-23-10-16(13(3)19)14(4)20/h15-16H,5-10H2,1-4H3. The van der Waals surface area contributed by atoms with Crippen molar-refractivity contribution in [2.75, 3.05) is 34.5 Å². The zero-order chi connectivity index (χ0) is 17.8. The van der Waals surface area contributed by atoms with Crippen LogP contribution in [0.4, 0.5) is 0 Å². The minimum absolute atomic E-state index is 0.0560. The molecule has 0 aliphatic carbocycles. The molecular formula is C16H26O4S3. The first-order chi connectivity index (χ1) is 10.8. The Bertz CT molecular complexity index is 358. The van der Waals surface area contributed by atoms with Crippen molar-refractivity contribution in [1.82, 2.24) is 0 Å². The van der Waals surface area contributed by atoms with Crippen molar-refractivity contribution in [3.05, 3.63) is 0 Å². The summed E-state index contributed by atoms with van der Waals surface area (Å²) in [7, 11) is 0. The van der Waals surface area contributed by atoms with Crippen molar-refractivity contribution >= 4 is 58.4 Å². The maximum atomic E-state index is 11.3. The zero-order valence-corrected chi connectivity index (χ0v) is 16.7. The van der Waals surface area contributed by atoms with Gasteiger partial charge in [-0.1, -0.05) is 0 Å². The van der Waals surface area contributed by atoms with Crippen LogP contribution in [0.15, 0.2) is 0 Å². The number of thioether (sulfide) groups is 3. The summed E-state index contributed by atoms with van der Waals surface area (Å²) < 4.78 is 0. The minimum atomic E-state index is -0.462. The predicted molar refractivity (Wildman–Crippen MR) is 102 cm³/mol. The van der Waals surface area contributed by atoms with Gasteiger partial charge in [-0.25, -0.2) is 0 Å². The number of hydrogen-bond acceptors (Lipinski definition) is 7. The summed E-state index contributed by atoms with van der Waals surface area (Å²) in [5, 5.41) is 0. The number of rotatable bonds is 14. The molecule has 0 N–H and O–H groups in total. The normalized spacial score (nSPS) is 11.0. The Morgan fingerprint density at radius 3 is 1.09 bits per heavy atom. The van der Waals surface area contributed by atoms with Crippen molar-refractivity contribution in [1.29, 1.82) is 0 Å². The fraction of sp³-hybridized carbons (Fsp3) is 0.750. The van der Waals surface area contributed by atoms with E-state index in [0.717, 1.165) is 23.0 Å². The minimum Gasteiger partial charge on any atom is -0.299 e. The largest absolute Gasteiger partial charge is 0.299 e. The van der Waals surface area contributed by atoms with Crippen LogP contribution in [0.5, 0.6) is 0 Å². The zero-order valence-electron chi connectivity index (χ0n) is 14.3. The van der Waals surface area contributed by atoms with Crippen molar-refractivity contribution in [3.8, 4) is 0 Å². The fourth-order valence-corrected chi connectivity index (χ4v) is 5.62. The van der Waals surface area contributed by atoms with E-state index in [-0.39, 0.29) is 23.1 Å². The van der Waals surface area contributed by atoms with Crippen LogP contribution < -0.4 is 0 Å². The van der Waals surface area contributed by atoms with Gasteiger partial charge in [0.25, 0.3) is 0 Å². The van der Waals surface area contributed by atoms with Crippen LogP contribution in [0.2, 0.25) is 0 Å². The van der Waals surface area contributed by atoms with E-state index in [1.165, 1.54) is 27.7 Å². The summed E-state index contributed by atoms with van der Waals surface area (Å²) in [5.41, 5.74) is 0. The monoisotopic (exact) mass is 378 g/mol. The average molecular weight is 379 g/mol. The number of hydrogen-bond donors (Lipinski definition) is 0. The smallest absolute Gasteiger partial charge is 0.141 e. The van der Waals surface area contributed by atoms with E-state index in [1.807, 2.05) is 11.8 Å². The summed E-state index contributed by atoms with van der Waals surface area (Å²) in [5.74, 6) is 3.75. The molecule has 0 spiro atoms. The molecule has 0 bridgehead atoms. The van der Waals surface area contributed by atoms with E-state index in [0.29, 0.717) is 11.5 Å². The molecule has 0 atom stereocenters. The Balaban J connectivity index is 3.64. The van der Waals surface area contributed by atoms with Gasteiger partial charge >= 0.3 is 0 Å². The van der Waals surface area contributed by atoms with E-state index >= 15 is 0 Å². The molecule has 0 aromatic rings. The first-order valence-corrected chi connectivity index (χ1v) is 11.0.